The molecule has 0 spiro atoms. The van der Waals surface area contributed by atoms with Crippen LogP contribution in [0.2, 0.25) is 0 Å². The number of aromatic nitrogens is 2. The summed E-state index contributed by atoms with van der Waals surface area (Å²) in [7, 11) is 3.86. The standard InChI is InChI=1S/C10H15N3O/c1-12(2)9-6-7-10(14)13(11-9)8-4-3-5-8/h6-8H,3-5H2,1-2H3. The molecule has 1 heterocycles. The van der Waals surface area contributed by atoms with Gasteiger partial charge in [-0.3, -0.25) is 4.79 Å². The molecular weight excluding hydrogens is 178 g/mol. The van der Waals surface area contributed by atoms with Crippen molar-refractivity contribution in [2.24, 2.45) is 0 Å². The molecule has 76 valence electrons. The Balaban J connectivity index is 2.36. The van der Waals surface area contributed by atoms with E-state index in [4.69, 9.17) is 0 Å². The van der Waals surface area contributed by atoms with Crippen LogP contribution in [0.3, 0.4) is 0 Å². The molecule has 1 saturated carbocycles. The number of rotatable bonds is 2. The van der Waals surface area contributed by atoms with E-state index in [2.05, 4.69) is 5.10 Å². The maximum absolute atomic E-state index is 11.5. The molecule has 1 fully saturated rings. The molecule has 4 nitrogen and oxygen atoms in total. The summed E-state index contributed by atoms with van der Waals surface area (Å²) in [6, 6.07) is 3.69. The van der Waals surface area contributed by atoms with Crippen LogP contribution < -0.4 is 10.5 Å². The maximum atomic E-state index is 11.5. The Morgan fingerprint density at radius 3 is 2.64 bits per heavy atom. The van der Waals surface area contributed by atoms with E-state index in [1.165, 1.54) is 6.42 Å². The van der Waals surface area contributed by atoms with Crippen LogP contribution in [0.5, 0.6) is 0 Å². The van der Waals surface area contributed by atoms with Gasteiger partial charge in [-0.25, -0.2) is 4.68 Å². The van der Waals surface area contributed by atoms with E-state index in [0.29, 0.717) is 6.04 Å². The van der Waals surface area contributed by atoms with Gasteiger partial charge in [0.1, 0.15) is 5.82 Å². The van der Waals surface area contributed by atoms with Gasteiger partial charge >= 0.3 is 0 Å². The van der Waals surface area contributed by atoms with Crippen molar-refractivity contribution in [3.8, 4) is 0 Å². The van der Waals surface area contributed by atoms with Gasteiger partial charge < -0.3 is 4.90 Å². The Kier molecular flexibility index (Phi) is 2.27. The molecule has 0 bridgehead atoms. The predicted molar refractivity (Wildman–Crippen MR) is 55.7 cm³/mol. The van der Waals surface area contributed by atoms with E-state index < -0.39 is 0 Å². The number of hydrogen-bond acceptors (Lipinski definition) is 3. The summed E-state index contributed by atoms with van der Waals surface area (Å²) in [4.78, 5) is 13.4. The first kappa shape index (κ1) is 9.24. The third kappa shape index (κ3) is 1.52. The van der Waals surface area contributed by atoms with Gasteiger partial charge in [0.2, 0.25) is 0 Å². The van der Waals surface area contributed by atoms with Crippen molar-refractivity contribution in [2.75, 3.05) is 19.0 Å². The van der Waals surface area contributed by atoms with Crippen molar-refractivity contribution in [1.82, 2.24) is 9.78 Å². The van der Waals surface area contributed by atoms with E-state index in [9.17, 15) is 4.79 Å². The number of anilines is 1. The normalized spacial score (nSPS) is 16.4. The van der Waals surface area contributed by atoms with Gasteiger partial charge in [-0.2, -0.15) is 5.10 Å². The van der Waals surface area contributed by atoms with E-state index in [-0.39, 0.29) is 5.56 Å². The second-order valence-corrected chi connectivity index (χ2v) is 3.95. The lowest BCUT2D eigenvalue weighted by molar-refractivity contribution is 0.279. The van der Waals surface area contributed by atoms with E-state index in [1.54, 1.807) is 16.8 Å². The molecule has 0 atom stereocenters. The highest BCUT2D eigenvalue weighted by Gasteiger charge is 2.21. The fourth-order valence-electron chi connectivity index (χ4n) is 1.55. The first-order chi connectivity index (χ1) is 6.68. The fraction of sp³-hybridized carbons (Fsp3) is 0.600. The molecule has 0 unspecified atom stereocenters. The highest BCUT2D eigenvalue weighted by Crippen LogP contribution is 2.29. The second-order valence-electron chi connectivity index (χ2n) is 3.95. The summed E-state index contributed by atoms with van der Waals surface area (Å²) < 4.78 is 1.62. The minimum atomic E-state index is 0.0142. The van der Waals surface area contributed by atoms with Crippen LogP contribution >= 0.6 is 0 Å². The number of nitrogens with zero attached hydrogens (tertiary/aromatic N) is 3. The summed E-state index contributed by atoms with van der Waals surface area (Å²) in [5, 5.41) is 4.32. The Bertz CT molecular complexity index is 379. The van der Waals surface area contributed by atoms with Crippen molar-refractivity contribution >= 4 is 5.82 Å². The van der Waals surface area contributed by atoms with Crippen molar-refractivity contribution in [1.29, 1.82) is 0 Å². The lowest BCUT2D eigenvalue weighted by Gasteiger charge is -2.27. The Labute approximate surface area is 83.2 Å². The van der Waals surface area contributed by atoms with Gasteiger partial charge in [-0.05, 0) is 25.3 Å². The third-order valence-corrected chi connectivity index (χ3v) is 2.69. The first-order valence-corrected chi connectivity index (χ1v) is 4.95. The van der Waals surface area contributed by atoms with Crippen molar-refractivity contribution in [3.63, 3.8) is 0 Å². The smallest absolute Gasteiger partial charge is 0.267 e. The second kappa shape index (κ2) is 3.44. The van der Waals surface area contributed by atoms with Crippen LogP contribution in [0.4, 0.5) is 5.82 Å². The number of hydrogen-bond donors (Lipinski definition) is 0. The topological polar surface area (TPSA) is 38.1 Å². The van der Waals surface area contributed by atoms with Gasteiger partial charge in [0.15, 0.2) is 0 Å². The van der Waals surface area contributed by atoms with Crippen LogP contribution in [-0.4, -0.2) is 23.9 Å². The quantitative estimate of drug-likeness (QED) is 0.704. The monoisotopic (exact) mass is 193 g/mol. The molecule has 0 saturated heterocycles. The SMILES string of the molecule is CN(C)c1ccc(=O)n(C2CCC2)n1. The van der Waals surface area contributed by atoms with Crippen LogP contribution in [-0.2, 0) is 0 Å². The van der Waals surface area contributed by atoms with Gasteiger partial charge in [0, 0.05) is 20.2 Å². The summed E-state index contributed by atoms with van der Waals surface area (Å²) in [6.07, 6.45) is 3.39. The molecule has 0 aromatic carbocycles. The molecule has 4 heteroatoms. The zero-order valence-corrected chi connectivity index (χ0v) is 8.60. The van der Waals surface area contributed by atoms with E-state index in [0.717, 1.165) is 18.7 Å². The van der Waals surface area contributed by atoms with Gasteiger partial charge in [-0.15, -0.1) is 0 Å². The van der Waals surface area contributed by atoms with Gasteiger partial charge in [0.05, 0.1) is 6.04 Å². The Morgan fingerprint density at radius 2 is 2.14 bits per heavy atom. The first-order valence-electron chi connectivity index (χ1n) is 4.95. The molecule has 0 N–H and O–H groups in total. The summed E-state index contributed by atoms with van der Waals surface area (Å²) in [5.41, 5.74) is 0.0142. The fourth-order valence-corrected chi connectivity index (χ4v) is 1.55. The van der Waals surface area contributed by atoms with Gasteiger partial charge in [-0.1, -0.05) is 0 Å². The predicted octanol–water partition coefficient (Wildman–Crippen LogP) is 1.03. The lowest BCUT2D eigenvalue weighted by atomic mass is 9.93. The van der Waals surface area contributed by atoms with E-state index >= 15 is 0 Å². The molecule has 0 radical (unpaired) electrons. The molecule has 1 aromatic heterocycles. The molecule has 1 aliphatic rings. The lowest BCUT2D eigenvalue weighted by Crippen LogP contribution is -2.31. The molecule has 2 rings (SSSR count). The molecule has 14 heavy (non-hydrogen) atoms. The minimum absolute atomic E-state index is 0.0142. The zero-order chi connectivity index (χ0) is 10.1. The van der Waals surface area contributed by atoms with Crippen LogP contribution in [0.15, 0.2) is 16.9 Å². The largest absolute Gasteiger partial charge is 0.361 e. The Morgan fingerprint density at radius 1 is 1.43 bits per heavy atom. The van der Waals surface area contributed by atoms with E-state index in [1.807, 2.05) is 19.0 Å². The van der Waals surface area contributed by atoms with Crippen molar-refractivity contribution in [3.05, 3.63) is 22.5 Å². The third-order valence-electron chi connectivity index (χ3n) is 2.69. The molecule has 0 amide bonds. The molecule has 1 aliphatic carbocycles. The Hall–Kier alpha value is -1.32. The van der Waals surface area contributed by atoms with Gasteiger partial charge in [0.25, 0.3) is 5.56 Å². The molecule has 0 aliphatic heterocycles. The minimum Gasteiger partial charge on any atom is -0.361 e. The van der Waals surface area contributed by atoms with Crippen molar-refractivity contribution < 1.29 is 0 Å². The average molecular weight is 193 g/mol. The maximum Gasteiger partial charge on any atom is 0.267 e. The molecule has 1 aromatic rings. The van der Waals surface area contributed by atoms with Crippen LogP contribution in [0, 0.1) is 0 Å². The highest BCUT2D eigenvalue weighted by atomic mass is 16.1. The average Bonchev–Trinajstić information content (AvgIpc) is 2.05. The van der Waals surface area contributed by atoms with Crippen molar-refractivity contribution in [2.45, 2.75) is 25.3 Å². The van der Waals surface area contributed by atoms with Crippen LogP contribution in [0.25, 0.3) is 0 Å². The highest BCUT2D eigenvalue weighted by molar-refractivity contribution is 5.33. The summed E-state index contributed by atoms with van der Waals surface area (Å²) in [5.74, 6) is 0.844. The van der Waals surface area contributed by atoms with Crippen LogP contribution in [0.1, 0.15) is 25.3 Å². The molecular formula is C10H15N3O. The summed E-state index contributed by atoms with van der Waals surface area (Å²) in [6.45, 7) is 0. The zero-order valence-electron chi connectivity index (χ0n) is 8.60. The summed E-state index contributed by atoms with van der Waals surface area (Å²) >= 11 is 0.